The van der Waals surface area contributed by atoms with Crippen molar-refractivity contribution in [2.45, 2.75) is 0 Å². The maximum atomic E-state index is 10.8. The van der Waals surface area contributed by atoms with E-state index in [1.54, 1.807) is 18.2 Å². The van der Waals surface area contributed by atoms with E-state index in [9.17, 15) is 10.1 Å². The normalized spacial score (nSPS) is 9.75. The fraction of sp³-hybridized carbons (Fsp3) is 0. The molecule has 0 heterocycles. The van der Waals surface area contributed by atoms with Crippen LogP contribution in [0, 0.1) is 10.1 Å². The number of benzene rings is 2. The topological polar surface area (TPSA) is 55.5 Å². The number of aliphatic imine (C=N–C) groups is 1. The first-order chi connectivity index (χ1) is 7.74. The van der Waals surface area contributed by atoms with Crippen molar-refractivity contribution in [2.24, 2.45) is 4.99 Å². The molecule has 0 amide bonds. The lowest BCUT2D eigenvalue weighted by Crippen LogP contribution is -1.88. The zero-order chi connectivity index (χ0) is 11.5. The summed E-state index contributed by atoms with van der Waals surface area (Å²) in [7, 11) is 0. The Hall–Kier alpha value is -2.10. The highest BCUT2D eigenvalue weighted by atomic mass is 32.1. The van der Waals surface area contributed by atoms with Gasteiger partial charge in [0, 0.05) is 11.5 Å². The van der Waals surface area contributed by atoms with Crippen LogP contribution in [0.15, 0.2) is 41.4 Å². The van der Waals surface area contributed by atoms with Crippen LogP contribution in [0.3, 0.4) is 0 Å². The highest BCUT2D eigenvalue weighted by molar-refractivity contribution is 7.78. The molecule has 78 valence electrons. The van der Waals surface area contributed by atoms with Crippen molar-refractivity contribution in [3.63, 3.8) is 0 Å². The molecule has 0 bridgehead atoms. The SMILES string of the molecule is O=[N+]([O-])c1ccc2ccccc2c1N=C=S. The summed E-state index contributed by atoms with van der Waals surface area (Å²) in [5.41, 5.74) is 0.203. The number of hydrogen-bond acceptors (Lipinski definition) is 4. The van der Waals surface area contributed by atoms with Gasteiger partial charge in [-0.15, -0.1) is 0 Å². The molecule has 0 radical (unpaired) electrons. The molecule has 0 aliphatic carbocycles. The van der Waals surface area contributed by atoms with Crippen LogP contribution < -0.4 is 0 Å². The van der Waals surface area contributed by atoms with E-state index in [0.29, 0.717) is 5.39 Å². The molecule has 4 nitrogen and oxygen atoms in total. The summed E-state index contributed by atoms with van der Waals surface area (Å²) >= 11 is 4.50. The summed E-state index contributed by atoms with van der Waals surface area (Å²) in [6.07, 6.45) is 0. The van der Waals surface area contributed by atoms with Gasteiger partial charge < -0.3 is 0 Å². The first kappa shape index (κ1) is 10.4. The summed E-state index contributed by atoms with van der Waals surface area (Å²) in [6.45, 7) is 0. The zero-order valence-electron chi connectivity index (χ0n) is 8.08. The molecule has 0 aliphatic heterocycles. The summed E-state index contributed by atoms with van der Waals surface area (Å²) in [6, 6.07) is 10.4. The average Bonchev–Trinajstić information content (AvgIpc) is 2.29. The number of nitrogens with zero attached hydrogens (tertiary/aromatic N) is 2. The van der Waals surface area contributed by atoms with E-state index in [-0.39, 0.29) is 11.4 Å². The van der Waals surface area contributed by atoms with E-state index in [2.05, 4.69) is 22.4 Å². The molecule has 2 aromatic carbocycles. The van der Waals surface area contributed by atoms with Gasteiger partial charge in [0.25, 0.3) is 5.69 Å². The lowest BCUT2D eigenvalue weighted by Gasteiger charge is -2.01. The summed E-state index contributed by atoms with van der Waals surface area (Å²) in [4.78, 5) is 14.1. The van der Waals surface area contributed by atoms with Crippen LogP contribution in [0.2, 0.25) is 0 Å². The van der Waals surface area contributed by atoms with Crippen LogP contribution in [0.4, 0.5) is 11.4 Å². The second kappa shape index (κ2) is 4.18. The van der Waals surface area contributed by atoms with Gasteiger partial charge in [0.05, 0.1) is 10.1 Å². The molecule has 5 heteroatoms. The number of isothiocyanates is 1. The molecular weight excluding hydrogens is 224 g/mol. The largest absolute Gasteiger partial charge is 0.296 e. The Bertz CT molecular complexity index is 618. The maximum absolute atomic E-state index is 10.8. The second-order valence-corrected chi connectivity index (χ2v) is 3.30. The quantitative estimate of drug-likeness (QED) is 0.343. The molecule has 0 saturated heterocycles. The Morgan fingerprint density at radius 2 is 2.00 bits per heavy atom. The van der Waals surface area contributed by atoms with Crippen molar-refractivity contribution in [3.05, 3.63) is 46.5 Å². The van der Waals surface area contributed by atoms with Crippen LogP contribution in [0.1, 0.15) is 0 Å². The van der Waals surface area contributed by atoms with Crippen molar-refractivity contribution in [3.8, 4) is 0 Å². The number of fused-ring (bicyclic) bond motifs is 1. The van der Waals surface area contributed by atoms with Gasteiger partial charge in [0.15, 0.2) is 5.69 Å². The zero-order valence-corrected chi connectivity index (χ0v) is 8.90. The molecule has 0 fully saturated rings. The smallest absolute Gasteiger partial charge is 0.258 e. The molecule has 0 aliphatic rings. The van der Waals surface area contributed by atoms with Gasteiger partial charge in [0.2, 0.25) is 0 Å². The monoisotopic (exact) mass is 230 g/mol. The Kier molecular flexibility index (Phi) is 2.72. The van der Waals surface area contributed by atoms with E-state index >= 15 is 0 Å². The first-order valence-corrected chi connectivity index (χ1v) is 4.89. The van der Waals surface area contributed by atoms with Crippen molar-refractivity contribution in [2.75, 3.05) is 0 Å². The number of hydrogen-bond donors (Lipinski definition) is 0. The number of nitro benzene ring substituents is 1. The predicted octanol–water partition coefficient (Wildman–Crippen LogP) is 3.48. The Morgan fingerprint density at radius 3 is 2.69 bits per heavy atom. The summed E-state index contributed by atoms with van der Waals surface area (Å²) in [5, 5.41) is 14.6. The minimum atomic E-state index is -0.474. The molecule has 0 aromatic heterocycles. The molecule has 2 aromatic rings. The average molecular weight is 230 g/mol. The minimum absolute atomic E-state index is 0.0592. The minimum Gasteiger partial charge on any atom is -0.258 e. The van der Waals surface area contributed by atoms with Gasteiger partial charge in [-0.1, -0.05) is 24.3 Å². The lowest BCUT2D eigenvalue weighted by molar-refractivity contribution is -0.383. The van der Waals surface area contributed by atoms with Crippen LogP contribution in [-0.2, 0) is 0 Å². The van der Waals surface area contributed by atoms with Crippen LogP contribution >= 0.6 is 12.2 Å². The predicted molar refractivity (Wildman–Crippen MR) is 65.3 cm³/mol. The van der Waals surface area contributed by atoms with Gasteiger partial charge in [-0.3, -0.25) is 10.1 Å². The van der Waals surface area contributed by atoms with Crippen molar-refractivity contribution >= 4 is 39.5 Å². The van der Waals surface area contributed by atoms with Gasteiger partial charge in [-0.05, 0) is 23.7 Å². The molecule has 0 N–H and O–H groups in total. The second-order valence-electron chi connectivity index (χ2n) is 3.11. The van der Waals surface area contributed by atoms with Crippen molar-refractivity contribution < 1.29 is 4.92 Å². The maximum Gasteiger partial charge on any atom is 0.296 e. The van der Waals surface area contributed by atoms with Gasteiger partial charge in [-0.25, -0.2) is 0 Å². The van der Waals surface area contributed by atoms with Gasteiger partial charge in [-0.2, -0.15) is 4.99 Å². The third kappa shape index (κ3) is 1.69. The van der Waals surface area contributed by atoms with E-state index < -0.39 is 4.92 Å². The van der Waals surface area contributed by atoms with Gasteiger partial charge >= 0.3 is 0 Å². The highest BCUT2D eigenvalue weighted by Gasteiger charge is 2.15. The highest BCUT2D eigenvalue weighted by Crippen LogP contribution is 2.34. The van der Waals surface area contributed by atoms with E-state index in [4.69, 9.17) is 0 Å². The summed E-state index contributed by atoms with van der Waals surface area (Å²) in [5.74, 6) is 0. The molecule has 0 atom stereocenters. The standard InChI is InChI=1S/C11H6N2O2S/c14-13(15)10-6-5-8-3-1-2-4-9(8)11(10)12-7-16/h1-6H. The Morgan fingerprint density at radius 1 is 1.25 bits per heavy atom. The molecule has 16 heavy (non-hydrogen) atoms. The van der Waals surface area contributed by atoms with E-state index in [0.717, 1.165) is 5.39 Å². The van der Waals surface area contributed by atoms with E-state index in [1.807, 2.05) is 12.1 Å². The third-order valence-electron chi connectivity index (χ3n) is 2.23. The van der Waals surface area contributed by atoms with Crippen molar-refractivity contribution in [1.82, 2.24) is 0 Å². The van der Waals surface area contributed by atoms with Crippen LogP contribution in [-0.4, -0.2) is 10.1 Å². The van der Waals surface area contributed by atoms with E-state index in [1.165, 1.54) is 6.07 Å². The molecule has 0 spiro atoms. The number of nitro groups is 1. The fourth-order valence-corrected chi connectivity index (χ4v) is 1.65. The fourth-order valence-electron chi connectivity index (χ4n) is 1.55. The Labute approximate surface area is 96.4 Å². The third-order valence-corrected chi connectivity index (χ3v) is 2.32. The number of thiocarbonyl (C=S) groups is 1. The summed E-state index contributed by atoms with van der Waals surface area (Å²) < 4.78 is 0. The number of rotatable bonds is 2. The molecule has 0 saturated carbocycles. The molecular formula is C11H6N2O2S. The molecule has 0 unspecified atom stereocenters. The van der Waals surface area contributed by atoms with Crippen molar-refractivity contribution in [1.29, 1.82) is 0 Å². The Balaban J connectivity index is 2.89. The van der Waals surface area contributed by atoms with Gasteiger partial charge in [0.1, 0.15) is 0 Å². The molecule has 2 rings (SSSR count). The lowest BCUT2D eigenvalue weighted by atomic mass is 10.1. The van der Waals surface area contributed by atoms with Crippen LogP contribution in [0.25, 0.3) is 10.8 Å². The first-order valence-electron chi connectivity index (χ1n) is 4.48. The van der Waals surface area contributed by atoms with Crippen LogP contribution in [0.5, 0.6) is 0 Å².